The predicted molar refractivity (Wildman–Crippen MR) is 85.3 cm³/mol. The van der Waals surface area contributed by atoms with Crippen molar-refractivity contribution in [3.8, 4) is 0 Å². The highest BCUT2D eigenvalue weighted by atomic mass is 32.2. The molecule has 0 saturated heterocycles. The van der Waals surface area contributed by atoms with Crippen LogP contribution >= 0.6 is 0 Å². The van der Waals surface area contributed by atoms with Gasteiger partial charge in [-0.25, -0.2) is 12.8 Å². The molecule has 2 aromatic rings. The molecule has 0 saturated carbocycles. The van der Waals surface area contributed by atoms with E-state index < -0.39 is 15.8 Å². The maximum Gasteiger partial charge on any atom is 0.261 e. The molecule has 2 aromatic carbocycles. The van der Waals surface area contributed by atoms with Gasteiger partial charge in [0.25, 0.3) is 10.0 Å². The van der Waals surface area contributed by atoms with Crippen LogP contribution in [0.15, 0.2) is 41.3 Å². The lowest BCUT2D eigenvalue weighted by Crippen LogP contribution is -2.20. The second-order valence-electron chi connectivity index (χ2n) is 5.44. The van der Waals surface area contributed by atoms with Gasteiger partial charge in [-0.15, -0.1) is 0 Å². The fourth-order valence-electron chi connectivity index (χ4n) is 2.40. The number of rotatable bonds is 3. The van der Waals surface area contributed by atoms with E-state index in [1.807, 2.05) is 0 Å². The normalized spacial score (nSPS) is 14.1. The second kappa shape index (κ2) is 5.66. The molecule has 1 heterocycles. The molecule has 0 bridgehead atoms. The third-order valence-electron chi connectivity index (χ3n) is 3.71. The zero-order valence-electron chi connectivity index (χ0n) is 12.4. The molecular weight excluding hydrogens is 319 g/mol. The molecule has 0 atom stereocenters. The summed E-state index contributed by atoms with van der Waals surface area (Å²) in [6.45, 7) is 1.60. The Morgan fingerprint density at radius 1 is 1.13 bits per heavy atom. The summed E-state index contributed by atoms with van der Waals surface area (Å²) >= 11 is 0. The third kappa shape index (κ3) is 3.19. The van der Waals surface area contributed by atoms with Gasteiger partial charge < -0.3 is 5.32 Å². The summed E-state index contributed by atoms with van der Waals surface area (Å²) in [5.41, 5.74) is 2.00. The number of anilines is 2. The zero-order chi connectivity index (χ0) is 16.6. The smallest absolute Gasteiger partial charge is 0.261 e. The van der Waals surface area contributed by atoms with Crippen LogP contribution in [0.2, 0.25) is 0 Å². The summed E-state index contributed by atoms with van der Waals surface area (Å²) in [5.74, 6) is -0.556. The summed E-state index contributed by atoms with van der Waals surface area (Å²) < 4.78 is 40.8. The fourth-order valence-corrected chi connectivity index (χ4v) is 3.50. The minimum Gasteiger partial charge on any atom is -0.326 e. The lowest BCUT2D eigenvalue weighted by Gasteiger charge is -2.18. The summed E-state index contributed by atoms with van der Waals surface area (Å²) in [5, 5.41) is 2.70. The number of benzene rings is 2. The van der Waals surface area contributed by atoms with Crippen LogP contribution in [0.5, 0.6) is 0 Å². The van der Waals surface area contributed by atoms with Crippen molar-refractivity contribution in [2.75, 3.05) is 10.0 Å². The predicted octanol–water partition coefficient (Wildman–Crippen LogP) is 2.82. The first kappa shape index (κ1) is 15.5. The SMILES string of the molecule is Cc1ccc(NS(=O)(=O)c2ccc3c(c2)CCC(=O)N3)cc1F. The molecular formula is C16H15FN2O3S. The van der Waals surface area contributed by atoms with Gasteiger partial charge in [0, 0.05) is 12.1 Å². The van der Waals surface area contributed by atoms with Crippen molar-refractivity contribution in [2.24, 2.45) is 0 Å². The molecule has 0 radical (unpaired) electrons. The van der Waals surface area contributed by atoms with Crippen LogP contribution in [0.1, 0.15) is 17.5 Å². The van der Waals surface area contributed by atoms with Crippen molar-refractivity contribution in [2.45, 2.75) is 24.7 Å². The monoisotopic (exact) mass is 334 g/mol. The van der Waals surface area contributed by atoms with E-state index in [2.05, 4.69) is 10.0 Å². The minimum atomic E-state index is -3.82. The highest BCUT2D eigenvalue weighted by Crippen LogP contribution is 2.26. The van der Waals surface area contributed by atoms with E-state index in [0.717, 1.165) is 11.6 Å². The van der Waals surface area contributed by atoms with Gasteiger partial charge in [0.05, 0.1) is 10.6 Å². The Kier molecular flexibility index (Phi) is 3.81. The molecule has 1 amide bonds. The number of carbonyl (C=O) groups is 1. The Hall–Kier alpha value is -2.41. The van der Waals surface area contributed by atoms with Gasteiger partial charge in [-0.3, -0.25) is 9.52 Å². The molecule has 23 heavy (non-hydrogen) atoms. The largest absolute Gasteiger partial charge is 0.326 e. The molecule has 0 fully saturated rings. The molecule has 0 aliphatic carbocycles. The van der Waals surface area contributed by atoms with E-state index in [9.17, 15) is 17.6 Å². The number of halogens is 1. The summed E-state index contributed by atoms with van der Waals surface area (Å²) in [7, 11) is -3.82. The molecule has 0 unspecified atom stereocenters. The fraction of sp³-hybridized carbons (Fsp3) is 0.188. The van der Waals surface area contributed by atoms with Gasteiger partial charge in [-0.05, 0) is 54.8 Å². The number of hydrogen-bond acceptors (Lipinski definition) is 3. The summed E-state index contributed by atoms with van der Waals surface area (Å²) in [6.07, 6.45) is 0.816. The molecule has 7 heteroatoms. The average Bonchev–Trinajstić information content (AvgIpc) is 2.50. The molecule has 1 aliphatic heterocycles. The van der Waals surface area contributed by atoms with Crippen molar-refractivity contribution in [3.05, 3.63) is 53.3 Å². The Morgan fingerprint density at radius 3 is 2.65 bits per heavy atom. The Bertz CT molecular complexity index is 894. The standard InChI is InChI=1S/C16H15FN2O3S/c1-10-2-4-12(9-14(10)17)19-23(21,22)13-5-6-15-11(8-13)3-7-16(20)18-15/h2,4-6,8-9,19H,3,7H2,1H3,(H,18,20). The molecule has 5 nitrogen and oxygen atoms in total. The number of hydrogen-bond donors (Lipinski definition) is 2. The topological polar surface area (TPSA) is 75.3 Å². The lowest BCUT2D eigenvalue weighted by atomic mass is 10.0. The van der Waals surface area contributed by atoms with Crippen LogP contribution in [-0.4, -0.2) is 14.3 Å². The van der Waals surface area contributed by atoms with Crippen molar-refractivity contribution in [1.82, 2.24) is 0 Å². The quantitative estimate of drug-likeness (QED) is 0.906. The first-order valence-corrected chi connectivity index (χ1v) is 8.55. The summed E-state index contributed by atoms with van der Waals surface area (Å²) in [6, 6.07) is 8.67. The van der Waals surface area contributed by atoms with E-state index in [-0.39, 0.29) is 16.5 Å². The highest BCUT2D eigenvalue weighted by Gasteiger charge is 2.20. The van der Waals surface area contributed by atoms with Crippen molar-refractivity contribution >= 4 is 27.3 Å². The molecule has 120 valence electrons. The second-order valence-corrected chi connectivity index (χ2v) is 7.12. The molecule has 0 spiro atoms. The van der Waals surface area contributed by atoms with Crippen LogP contribution < -0.4 is 10.0 Å². The summed E-state index contributed by atoms with van der Waals surface area (Å²) in [4.78, 5) is 11.4. The first-order chi connectivity index (χ1) is 10.8. The Balaban J connectivity index is 1.90. The third-order valence-corrected chi connectivity index (χ3v) is 5.09. The van der Waals surface area contributed by atoms with E-state index in [0.29, 0.717) is 24.1 Å². The molecule has 0 aromatic heterocycles. The maximum atomic E-state index is 13.5. The van der Waals surface area contributed by atoms with E-state index in [1.165, 1.54) is 24.3 Å². The van der Waals surface area contributed by atoms with Crippen molar-refractivity contribution < 1.29 is 17.6 Å². The number of fused-ring (bicyclic) bond motifs is 1. The van der Waals surface area contributed by atoms with Gasteiger partial charge in [-0.2, -0.15) is 0 Å². The van der Waals surface area contributed by atoms with Crippen LogP contribution in [0.3, 0.4) is 0 Å². The van der Waals surface area contributed by atoms with Crippen LogP contribution in [0, 0.1) is 12.7 Å². The first-order valence-electron chi connectivity index (χ1n) is 7.07. The van der Waals surface area contributed by atoms with Crippen LogP contribution in [0.4, 0.5) is 15.8 Å². The molecule has 1 aliphatic rings. The number of carbonyl (C=O) groups excluding carboxylic acids is 1. The van der Waals surface area contributed by atoms with E-state index in [4.69, 9.17) is 0 Å². The van der Waals surface area contributed by atoms with Crippen molar-refractivity contribution in [1.29, 1.82) is 0 Å². The van der Waals surface area contributed by atoms with E-state index in [1.54, 1.807) is 13.0 Å². The van der Waals surface area contributed by atoms with E-state index >= 15 is 0 Å². The highest BCUT2D eigenvalue weighted by molar-refractivity contribution is 7.92. The van der Waals surface area contributed by atoms with Crippen LogP contribution in [-0.2, 0) is 21.2 Å². The Morgan fingerprint density at radius 2 is 1.91 bits per heavy atom. The van der Waals surface area contributed by atoms with Gasteiger partial charge in [0.1, 0.15) is 5.82 Å². The number of nitrogens with one attached hydrogen (secondary N) is 2. The van der Waals surface area contributed by atoms with Crippen LogP contribution in [0.25, 0.3) is 0 Å². The van der Waals surface area contributed by atoms with Gasteiger partial charge in [-0.1, -0.05) is 6.07 Å². The zero-order valence-corrected chi connectivity index (χ0v) is 13.2. The minimum absolute atomic E-state index is 0.0772. The molecule has 3 rings (SSSR count). The number of sulfonamides is 1. The lowest BCUT2D eigenvalue weighted by molar-refractivity contribution is -0.116. The molecule has 2 N–H and O–H groups in total. The maximum absolute atomic E-state index is 13.5. The van der Waals surface area contributed by atoms with Gasteiger partial charge in [0.2, 0.25) is 5.91 Å². The van der Waals surface area contributed by atoms with Crippen molar-refractivity contribution in [3.63, 3.8) is 0 Å². The number of amides is 1. The number of aryl methyl sites for hydroxylation is 2. The Labute approximate surface area is 133 Å². The average molecular weight is 334 g/mol. The van der Waals surface area contributed by atoms with Gasteiger partial charge in [0.15, 0.2) is 0 Å². The van der Waals surface area contributed by atoms with Gasteiger partial charge >= 0.3 is 0 Å².